The Labute approximate surface area is 249 Å². The Kier molecular flexibility index (Phi) is 7.97. The van der Waals surface area contributed by atoms with Crippen molar-refractivity contribution in [3.8, 4) is 5.75 Å². The average Bonchev–Trinajstić information content (AvgIpc) is 3.04. The summed E-state index contributed by atoms with van der Waals surface area (Å²) < 4.78 is 19.8. The van der Waals surface area contributed by atoms with Crippen LogP contribution in [0, 0.1) is 5.82 Å². The van der Waals surface area contributed by atoms with Crippen molar-refractivity contribution in [2.24, 2.45) is 0 Å². The Morgan fingerprint density at radius 3 is 2.40 bits per heavy atom. The van der Waals surface area contributed by atoms with E-state index >= 15 is 0 Å². The Morgan fingerprint density at radius 2 is 1.64 bits per heavy atom. The monoisotopic (exact) mass is 579 g/mol. The van der Waals surface area contributed by atoms with Crippen molar-refractivity contribution < 1.29 is 18.7 Å². The SMILES string of the molecule is COc1cccc(N2CCN(C(=O)c3ccc(C=C4Sc5ccccc5N(Cc5ccccc5F)C4=O)cc3)CC2)c1. The zero-order chi connectivity index (χ0) is 29.1. The molecule has 0 spiro atoms. The van der Waals surface area contributed by atoms with Crippen molar-refractivity contribution in [1.29, 1.82) is 0 Å². The molecule has 0 atom stereocenters. The first-order valence-electron chi connectivity index (χ1n) is 13.8. The second-order valence-corrected chi connectivity index (χ2v) is 11.2. The number of ether oxygens (including phenoxy) is 1. The summed E-state index contributed by atoms with van der Waals surface area (Å²) in [6.07, 6.45) is 1.83. The molecule has 2 amide bonds. The minimum absolute atomic E-state index is 0.00685. The molecule has 6 nitrogen and oxygen atoms in total. The number of carbonyl (C=O) groups excluding carboxylic acids is 2. The van der Waals surface area contributed by atoms with E-state index in [-0.39, 0.29) is 24.2 Å². The van der Waals surface area contributed by atoms with Gasteiger partial charge in [-0.05, 0) is 54.1 Å². The van der Waals surface area contributed by atoms with Crippen molar-refractivity contribution in [3.63, 3.8) is 0 Å². The summed E-state index contributed by atoms with van der Waals surface area (Å²) in [7, 11) is 1.66. The molecule has 2 aliphatic rings. The van der Waals surface area contributed by atoms with Gasteiger partial charge in [-0.1, -0.05) is 60.3 Å². The van der Waals surface area contributed by atoms with Crippen LogP contribution in [0.2, 0.25) is 0 Å². The third-order valence-electron chi connectivity index (χ3n) is 7.56. The fraction of sp³-hybridized carbons (Fsp3) is 0.176. The van der Waals surface area contributed by atoms with E-state index in [2.05, 4.69) is 11.0 Å². The minimum atomic E-state index is -0.339. The summed E-state index contributed by atoms with van der Waals surface area (Å²) in [5.74, 6) is 0.286. The van der Waals surface area contributed by atoms with E-state index < -0.39 is 0 Å². The van der Waals surface area contributed by atoms with Gasteiger partial charge in [0.1, 0.15) is 11.6 Å². The van der Waals surface area contributed by atoms with Gasteiger partial charge in [0.25, 0.3) is 11.8 Å². The predicted octanol–water partition coefficient (Wildman–Crippen LogP) is 6.48. The summed E-state index contributed by atoms with van der Waals surface area (Å²) in [4.78, 5) is 34.1. The maximum Gasteiger partial charge on any atom is 0.265 e. The molecule has 4 aromatic rings. The average molecular weight is 580 g/mol. The van der Waals surface area contributed by atoms with Gasteiger partial charge in [0, 0.05) is 54.0 Å². The molecule has 8 heteroatoms. The molecule has 42 heavy (non-hydrogen) atoms. The number of amides is 2. The van der Waals surface area contributed by atoms with Crippen LogP contribution in [0.3, 0.4) is 0 Å². The molecule has 4 aromatic carbocycles. The van der Waals surface area contributed by atoms with Gasteiger partial charge in [0.05, 0.1) is 24.2 Å². The zero-order valence-corrected chi connectivity index (χ0v) is 24.0. The number of para-hydroxylation sites is 1. The maximum absolute atomic E-state index is 14.5. The maximum atomic E-state index is 14.5. The van der Waals surface area contributed by atoms with E-state index in [0.29, 0.717) is 29.1 Å². The van der Waals surface area contributed by atoms with Crippen LogP contribution in [0.4, 0.5) is 15.8 Å². The lowest BCUT2D eigenvalue weighted by Crippen LogP contribution is -2.48. The van der Waals surface area contributed by atoms with E-state index in [0.717, 1.165) is 40.7 Å². The van der Waals surface area contributed by atoms with E-state index in [1.54, 1.807) is 30.2 Å². The normalized spacial score (nSPS) is 16.0. The first-order valence-corrected chi connectivity index (χ1v) is 14.6. The van der Waals surface area contributed by atoms with E-state index in [1.807, 2.05) is 77.7 Å². The molecule has 0 aromatic heterocycles. The molecule has 0 N–H and O–H groups in total. The Bertz CT molecular complexity index is 1650. The van der Waals surface area contributed by atoms with Gasteiger partial charge in [-0.15, -0.1) is 0 Å². The Balaban J connectivity index is 1.15. The van der Waals surface area contributed by atoms with Crippen molar-refractivity contribution in [2.75, 3.05) is 43.1 Å². The molecule has 212 valence electrons. The van der Waals surface area contributed by atoms with Gasteiger partial charge < -0.3 is 19.4 Å². The second kappa shape index (κ2) is 12.1. The van der Waals surface area contributed by atoms with Crippen LogP contribution in [0.25, 0.3) is 6.08 Å². The number of benzene rings is 4. The first kappa shape index (κ1) is 27.6. The largest absolute Gasteiger partial charge is 0.497 e. The predicted molar refractivity (Wildman–Crippen MR) is 165 cm³/mol. The summed E-state index contributed by atoms with van der Waals surface area (Å²) in [5, 5.41) is 0. The molecule has 1 saturated heterocycles. The molecule has 0 aliphatic carbocycles. The number of piperazine rings is 1. The van der Waals surface area contributed by atoms with Gasteiger partial charge in [-0.25, -0.2) is 4.39 Å². The number of hydrogen-bond acceptors (Lipinski definition) is 5. The second-order valence-electron chi connectivity index (χ2n) is 10.2. The highest BCUT2D eigenvalue weighted by molar-refractivity contribution is 8.04. The lowest BCUT2D eigenvalue weighted by atomic mass is 10.1. The summed E-state index contributed by atoms with van der Waals surface area (Å²) in [5.41, 5.74) is 3.74. The number of methoxy groups -OCH3 is 1. The summed E-state index contributed by atoms with van der Waals surface area (Å²) in [6, 6.07) is 29.5. The molecule has 0 radical (unpaired) electrons. The quantitative estimate of drug-likeness (QED) is 0.245. The molecule has 0 unspecified atom stereocenters. The fourth-order valence-corrected chi connectivity index (χ4v) is 6.31. The number of halogens is 1. The van der Waals surface area contributed by atoms with E-state index in [4.69, 9.17) is 4.74 Å². The number of carbonyl (C=O) groups is 2. The lowest BCUT2D eigenvalue weighted by molar-refractivity contribution is -0.114. The lowest BCUT2D eigenvalue weighted by Gasteiger charge is -2.36. The van der Waals surface area contributed by atoms with Crippen molar-refractivity contribution in [3.05, 3.63) is 124 Å². The Hall–Kier alpha value is -4.56. The molecule has 0 saturated carbocycles. The third-order valence-corrected chi connectivity index (χ3v) is 8.64. The molecule has 2 aliphatic heterocycles. The summed E-state index contributed by atoms with van der Waals surface area (Å²) in [6.45, 7) is 2.88. The molecule has 1 fully saturated rings. The topological polar surface area (TPSA) is 53.1 Å². The van der Waals surface area contributed by atoms with Crippen LogP contribution in [-0.2, 0) is 11.3 Å². The van der Waals surface area contributed by atoms with Gasteiger partial charge >= 0.3 is 0 Å². The van der Waals surface area contributed by atoms with Crippen molar-refractivity contribution in [1.82, 2.24) is 4.90 Å². The van der Waals surface area contributed by atoms with Gasteiger partial charge in [0.2, 0.25) is 0 Å². The van der Waals surface area contributed by atoms with Crippen molar-refractivity contribution >= 4 is 41.0 Å². The molecule has 6 rings (SSSR count). The van der Waals surface area contributed by atoms with Crippen LogP contribution in [0.5, 0.6) is 5.75 Å². The Morgan fingerprint density at radius 1 is 0.905 bits per heavy atom. The van der Waals surface area contributed by atoms with Crippen LogP contribution in [-0.4, -0.2) is 50.0 Å². The number of nitrogens with zero attached hydrogens (tertiary/aromatic N) is 3. The van der Waals surface area contributed by atoms with Crippen molar-refractivity contribution in [2.45, 2.75) is 11.4 Å². The molecular weight excluding hydrogens is 549 g/mol. The van der Waals surface area contributed by atoms with Gasteiger partial charge in [-0.2, -0.15) is 0 Å². The number of hydrogen-bond donors (Lipinski definition) is 0. The molecule has 0 bridgehead atoms. The zero-order valence-electron chi connectivity index (χ0n) is 23.2. The molecule has 2 heterocycles. The highest BCUT2D eigenvalue weighted by atomic mass is 32.2. The van der Waals surface area contributed by atoms with Gasteiger partial charge in [-0.3, -0.25) is 9.59 Å². The smallest absolute Gasteiger partial charge is 0.265 e. The van der Waals surface area contributed by atoms with E-state index in [9.17, 15) is 14.0 Å². The number of anilines is 2. The fourth-order valence-electron chi connectivity index (χ4n) is 5.25. The first-order chi connectivity index (χ1) is 20.5. The standard InChI is InChI=1S/C34H30FN3O3S/c1-41-28-9-6-8-27(22-28)36-17-19-37(20-18-36)33(39)25-15-13-24(14-16-25)21-32-34(40)38(23-26-7-2-3-10-29(26)35)30-11-4-5-12-31(30)42-32/h2-16,21-22H,17-20,23H2,1H3. The van der Waals surface area contributed by atoms with Crippen LogP contribution in [0.1, 0.15) is 21.5 Å². The highest BCUT2D eigenvalue weighted by Crippen LogP contribution is 2.42. The number of rotatable bonds is 6. The number of fused-ring (bicyclic) bond motifs is 1. The van der Waals surface area contributed by atoms with Crippen LogP contribution in [0.15, 0.2) is 107 Å². The number of thioether (sulfide) groups is 1. The molecular formula is C34H30FN3O3S. The summed E-state index contributed by atoms with van der Waals surface area (Å²) >= 11 is 1.40. The minimum Gasteiger partial charge on any atom is -0.497 e. The van der Waals surface area contributed by atoms with Crippen LogP contribution >= 0.6 is 11.8 Å². The third kappa shape index (κ3) is 5.76. The highest BCUT2D eigenvalue weighted by Gasteiger charge is 2.30. The van der Waals surface area contributed by atoms with Crippen LogP contribution < -0.4 is 14.5 Å². The van der Waals surface area contributed by atoms with E-state index in [1.165, 1.54) is 17.8 Å². The van der Waals surface area contributed by atoms with Gasteiger partial charge in [0.15, 0.2) is 0 Å².